The number of carbonyl (C=O) groups is 1. The van der Waals surface area contributed by atoms with Crippen molar-refractivity contribution in [1.82, 2.24) is 10.2 Å². The molecule has 0 aromatic heterocycles. The molecule has 1 aromatic rings. The second kappa shape index (κ2) is 7.52. The van der Waals surface area contributed by atoms with Gasteiger partial charge in [-0.25, -0.2) is 12.8 Å². The summed E-state index contributed by atoms with van der Waals surface area (Å²) in [6.07, 6.45) is 0.490. The van der Waals surface area contributed by atoms with Crippen LogP contribution in [-0.2, 0) is 14.6 Å². The summed E-state index contributed by atoms with van der Waals surface area (Å²) in [7, 11) is -3.01. The highest BCUT2D eigenvalue weighted by atomic mass is 32.2. The van der Waals surface area contributed by atoms with Gasteiger partial charge < -0.3 is 10.2 Å². The van der Waals surface area contributed by atoms with Gasteiger partial charge in [-0.05, 0) is 38.5 Å². The highest BCUT2D eigenvalue weighted by Gasteiger charge is 2.34. The Labute approximate surface area is 154 Å². The maximum absolute atomic E-state index is 13.4. The lowest BCUT2D eigenvalue weighted by Gasteiger charge is -2.43. The molecule has 0 radical (unpaired) electrons. The van der Waals surface area contributed by atoms with Crippen molar-refractivity contribution in [3.05, 3.63) is 30.1 Å². The number of amides is 1. The number of nitrogens with one attached hydrogen (secondary N) is 1. The average molecular weight is 383 g/mol. The summed E-state index contributed by atoms with van der Waals surface area (Å²) in [5.74, 6) is -0.196. The molecule has 2 fully saturated rings. The van der Waals surface area contributed by atoms with Gasteiger partial charge in [-0.15, -0.1) is 0 Å². The Morgan fingerprint density at radius 1 is 1.35 bits per heavy atom. The molecule has 2 aliphatic heterocycles. The van der Waals surface area contributed by atoms with Gasteiger partial charge in [0.1, 0.15) is 5.82 Å². The molecule has 1 aromatic carbocycles. The van der Waals surface area contributed by atoms with Gasteiger partial charge in [0.05, 0.1) is 17.5 Å². The molecule has 0 aliphatic carbocycles. The number of halogens is 1. The maximum Gasteiger partial charge on any atom is 0.237 e. The SMILES string of the molecule is CC1CN(c2cccc(F)c2)CCN1C(C)C(=O)NC1CCS(=O)(=O)C1. The van der Waals surface area contributed by atoms with Gasteiger partial charge in [-0.1, -0.05) is 6.07 Å². The highest BCUT2D eigenvalue weighted by molar-refractivity contribution is 7.91. The first-order chi connectivity index (χ1) is 12.2. The van der Waals surface area contributed by atoms with Crippen LogP contribution in [0.25, 0.3) is 0 Å². The van der Waals surface area contributed by atoms with Crippen LogP contribution in [0.5, 0.6) is 0 Å². The lowest BCUT2D eigenvalue weighted by Crippen LogP contribution is -2.59. The largest absolute Gasteiger partial charge is 0.369 e. The monoisotopic (exact) mass is 383 g/mol. The third-order valence-electron chi connectivity index (χ3n) is 5.31. The second-order valence-electron chi connectivity index (χ2n) is 7.30. The highest BCUT2D eigenvalue weighted by Crippen LogP contribution is 2.21. The Bertz CT molecular complexity index is 771. The van der Waals surface area contributed by atoms with E-state index in [-0.39, 0.29) is 41.4 Å². The van der Waals surface area contributed by atoms with Crippen LogP contribution in [0.3, 0.4) is 0 Å². The average Bonchev–Trinajstić information content (AvgIpc) is 2.92. The smallest absolute Gasteiger partial charge is 0.237 e. The molecule has 2 heterocycles. The molecule has 3 atom stereocenters. The molecule has 1 amide bonds. The van der Waals surface area contributed by atoms with Crippen LogP contribution in [-0.4, -0.2) is 68.5 Å². The first kappa shape index (κ1) is 19.1. The number of piperazine rings is 1. The first-order valence-corrected chi connectivity index (χ1v) is 10.8. The Balaban J connectivity index is 1.57. The number of nitrogens with zero attached hydrogens (tertiary/aromatic N) is 2. The van der Waals surface area contributed by atoms with Crippen LogP contribution in [0.1, 0.15) is 20.3 Å². The van der Waals surface area contributed by atoms with E-state index in [1.165, 1.54) is 12.1 Å². The van der Waals surface area contributed by atoms with E-state index in [0.29, 0.717) is 26.1 Å². The third kappa shape index (κ3) is 4.35. The number of rotatable bonds is 4. The zero-order chi connectivity index (χ0) is 18.9. The van der Waals surface area contributed by atoms with Gasteiger partial charge in [0, 0.05) is 37.4 Å². The van der Waals surface area contributed by atoms with E-state index in [1.807, 2.05) is 13.0 Å². The molecule has 2 saturated heterocycles. The minimum atomic E-state index is -3.01. The summed E-state index contributed by atoms with van der Waals surface area (Å²) in [6, 6.07) is 6.06. The number of sulfone groups is 1. The first-order valence-electron chi connectivity index (χ1n) is 9.02. The van der Waals surface area contributed by atoms with Crippen molar-refractivity contribution >= 4 is 21.4 Å². The van der Waals surface area contributed by atoms with Crippen LogP contribution in [0.4, 0.5) is 10.1 Å². The van der Waals surface area contributed by atoms with E-state index < -0.39 is 9.84 Å². The quantitative estimate of drug-likeness (QED) is 0.841. The fourth-order valence-electron chi connectivity index (χ4n) is 3.84. The van der Waals surface area contributed by atoms with Crippen molar-refractivity contribution in [2.45, 2.75) is 38.4 Å². The van der Waals surface area contributed by atoms with Crippen molar-refractivity contribution in [2.75, 3.05) is 36.0 Å². The second-order valence-corrected chi connectivity index (χ2v) is 9.53. The van der Waals surface area contributed by atoms with Crippen LogP contribution in [0.2, 0.25) is 0 Å². The molecule has 0 spiro atoms. The Kier molecular flexibility index (Phi) is 5.53. The molecule has 144 valence electrons. The number of hydrogen-bond acceptors (Lipinski definition) is 5. The molecule has 26 heavy (non-hydrogen) atoms. The van der Waals surface area contributed by atoms with Crippen LogP contribution >= 0.6 is 0 Å². The molecular formula is C18H26FN3O3S. The van der Waals surface area contributed by atoms with Gasteiger partial charge in [-0.2, -0.15) is 0 Å². The van der Waals surface area contributed by atoms with Crippen LogP contribution in [0, 0.1) is 5.82 Å². The normalized spacial score (nSPS) is 27.3. The van der Waals surface area contributed by atoms with Crippen molar-refractivity contribution in [2.24, 2.45) is 0 Å². The molecule has 2 aliphatic rings. The van der Waals surface area contributed by atoms with Crippen molar-refractivity contribution in [3.63, 3.8) is 0 Å². The number of benzene rings is 1. The zero-order valence-corrected chi connectivity index (χ0v) is 16.0. The van der Waals surface area contributed by atoms with Gasteiger partial charge in [-0.3, -0.25) is 9.69 Å². The summed E-state index contributed by atoms with van der Waals surface area (Å²) in [4.78, 5) is 16.8. The van der Waals surface area contributed by atoms with Gasteiger partial charge >= 0.3 is 0 Å². The fourth-order valence-corrected chi connectivity index (χ4v) is 5.51. The predicted molar refractivity (Wildman–Crippen MR) is 99.4 cm³/mol. The lowest BCUT2D eigenvalue weighted by atomic mass is 10.1. The molecule has 6 nitrogen and oxygen atoms in total. The molecule has 8 heteroatoms. The van der Waals surface area contributed by atoms with E-state index in [0.717, 1.165) is 5.69 Å². The predicted octanol–water partition coefficient (Wildman–Crippen LogP) is 1.03. The number of carbonyl (C=O) groups excluding carboxylic acids is 1. The van der Waals surface area contributed by atoms with E-state index in [1.54, 1.807) is 6.07 Å². The molecule has 0 bridgehead atoms. The molecule has 1 N–H and O–H groups in total. The molecule has 0 saturated carbocycles. The Morgan fingerprint density at radius 2 is 2.12 bits per heavy atom. The lowest BCUT2D eigenvalue weighted by molar-refractivity contribution is -0.127. The summed E-state index contributed by atoms with van der Waals surface area (Å²) in [5, 5.41) is 2.88. The van der Waals surface area contributed by atoms with E-state index >= 15 is 0 Å². The van der Waals surface area contributed by atoms with E-state index in [4.69, 9.17) is 0 Å². The van der Waals surface area contributed by atoms with Crippen LogP contribution < -0.4 is 10.2 Å². The van der Waals surface area contributed by atoms with Gasteiger partial charge in [0.2, 0.25) is 5.91 Å². The van der Waals surface area contributed by atoms with Crippen molar-refractivity contribution in [1.29, 1.82) is 0 Å². The minimum absolute atomic E-state index is 0.0361. The number of hydrogen-bond donors (Lipinski definition) is 1. The van der Waals surface area contributed by atoms with Crippen LogP contribution in [0.15, 0.2) is 24.3 Å². The molecule has 3 unspecified atom stereocenters. The maximum atomic E-state index is 13.4. The third-order valence-corrected chi connectivity index (χ3v) is 7.08. The number of anilines is 1. The topological polar surface area (TPSA) is 69.7 Å². The molecular weight excluding hydrogens is 357 g/mol. The Hall–Kier alpha value is -1.67. The van der Waals surface area contributed by atoms with Gasteiger partial charge in [0.15, 0.2) is 9.84 Å². The molecule has 3 rings (SSSR count). The fraction of sp³-hybridized carbons (Fsp3) is 0.611. The standard InChI is InChI=1S/C18H26FN3O3S/c1-13-11-21(17-5-3-4-15(19)10-17)7-8-22(13)14(2)18(23)20-16-6-9-26(24,25)12-16/h3-5,10,13-14,16H,6-9,11-12H2,1-2H3,(H,20,23). The minimum Gasteiger partial charge on any atom is -0.369 e. The summed E-state index contributed by atoms with van der Waals surface area (Å²) < 4.78 is 36.5. The van der Waals surface area contributed by atoms with E-state index in [9.17, 15) is 17.6 Å². The van der Waals surface area contributed by atoms with Crippen molar-refractivity contribution in [3.8, 4) is 0 Å². The summed E-state index contributed by atoms with van der Waals surface area (Å²) in [5.41, 5.74) is 0.852. The Morgan fingerprint density at radius 3 is 2.73 bits per heavy atom. The summed E-state index contributed by atoms with van der Waals surface area (Å²) >= 11 is 0. The van der Waals surface area contributed by atoms with Crippen molar-refractivity contribution < 1.29 is 17.6 Å². The van der Waals surface area contributed by atoms with Gasteiger partial charge in [0.25, 0.3) is 0 Å². The zero-order valence-electron chi connectivity index (χ0n) is 15.2. The van der Waals surface area contributed by atoms with E-state index in [2.05, 4.69) is 22.0 Å². The summed E-state index contributed by atoms with van der Waals surface area (Å²) in [6.45, 7) is 6.01.